The summed E-state index contributed by atoms with van der Waals surface area (Å²) in [5, 5.41) is 0. The lowest BCUT2D eigenvalue weighted by Gasteiger charge is -2.32. The summed E-state index contributed by atoms with van der Waals surface area (Å²) in [5.74, 6) is 0.214. The molecule has 2 aromatic rings. The molecule has 1 N–H and O–H groups in total. The number of sulfonamides is 1. The van der Waals surface area contributed by atoms with Crippen LogP contribution in [0.15, 0.2) is 53.7 Å². The molecule has 1 fully saturated rings. The molecule has 0 spiro atoms. The molecule has 1 aliphatic rings. The number of nitrogens with zero attached hydrogens (tertiary/aromatic N) is 2. The largest absolute Gasteiger partial charge is 0.339 e. The maximum absolute atomic E-state index is 12.4. The van der Waals surface area contributed by atoms with Gasteiger partial charge in [0.2, 0.25) is 10.0 Å². The smallest absolute Gasteiger partial charge is 0.255 e. The average molecular weight is 388 g/mol. The number of rotatable bonds is 6. The summed E-state index contributed by atoms with van der Waals surface area (Å²) in [7, 11) is -3.50. The van der Waals surface area contributed by atoms with Crippen molar-refractivity contribution in [2.75, 3.05) is 19.6 Å². The third kappa shape index (κ3) is 4.93. The number of aromatic nitrogens is 1. The van der Waals surface area contributed by atoms with Crippen LogP contribution in [0.2, 0.25) is 0 Å². The summed E-state index contributed by atoms with van der Waals surface area (Å²) in [5.41, 5.74) is 1.70. The molecule has 6 nitrogen and oxygen atoms in total. The number of pyridine rings is 1. The first kappa shape index (κ1) is 19.5. The SMILES string of the molecule is CCc1ccc(S(=O)(=O)NCC2CCN(C(=O)c3cccnc3)CC2)cc1. The van der Waals surface area contributed by atoms with Gasteiger partial charge in [-0.15, -0.1) is 0 Å². The van der Waals surface area contributed by atoms with Crippen molar-refractivity contribution >= 4 is 15.9 Å². The summed E-state index contributed by atoms with van der Waals surface area (Å²) in [6.45, 7) is 3.69. The quantitative estimate of drug-likeness (QED) is 0.826. The lowest BCUT2D eigenvalue weighted by atomic mass is 9.97. The number of carbonyl (C=O) groups is 1. The van der Waals surface area contributed by atoms with Crippen molar-refractivity contribution in [1.29, 1.82) is 0 Å². The monoisotopic (exact) mass is 387 g/mol. The van der Waals surface area contributed by atoms with Gasteiger partial charge in [0, 0.05) is 32.0 Å². The van der Waals surface area contributed by atoms with Crippen LogP contribution in [-0.4, -0.2) is 43.8 Å². The number of piperidine rings is 1. The zero-order valence-corrected chi connectivity index (χ0v) is 16.3. The van der Waals surface area contributed by atoms with Crippen molar-refractivity contribution in [3.63, 3.8) is 0 Å². The van der Waals surface area contributed by atoms with Gasteiger partial charge >= 0.3 is 0 Å². The zero-order valence-electron chi connectivity index (χ0n) is 15.5. The summed E-state index contributed by atoms with van der Waals surface area (Å²) < 4.78 is 27.6. The highest BCUT2D eigenvalue weighted by molar-refractivity contribution is 7.89. The van der Waals surface area contributed by atoms with Crippen molar-refractivity contribution < 1.29 is 13.2 Å². The van der Waals surface area contributed by atoms with Gasteiger partial charge in [-0.3, -0.25) is 9.78 Å². The Labute approximate surface area is 160 Å². The molecule has 2 heterocycles. The van der Waals surface area contributed by atoms with Crippen molar-refractivity contribution in [2.45, 2.75) is 31.1 Å². The molecule has 1 aromatic heterocycles. The van der Waals surface area contributed by atoms with E-state index in [0.717, 1.165) is 24.8 Å². The Hall–Kier alpha value is -2.25. The number of carbonyl (C=O) groups excluding carboxylic acids is 1. The van der Waals surface area contributed by atoms with Crippen LogP contribution < -0.4 is 4.72 Å². The van der Waals surface area contributed by atoms with Crippen LogP contribution in [-0.2, 0) is 16.4 Å². The van der Waals surface area contributed by atoms with Gasteiger partial charge in [-0.1, -0.05) is 19.1 Å². The van der Waals surface area contributed by atoms with Gasteiger partial charge in [0.05, 0.1) is 10.5 Å². The molecular formula is C20H25N3O3S. The second kappa shape index (κ2) is 8.63. The van der Waals surface area contributed by atoms with Crippen molar-refractivity contribution in [2.24, 2.45) is 5.92 Å². The van der Waals surface area contributed by atoms with E-state index in [-0.39, 0.29) is 11.8 Å². The van der Waals surface area contributed by atoms with Crippen LogP contribution in [0.1, 0.15) is 35.7 Å². The molecule has 1 amide bonds. The van der Waals surface area contributed by atoms with Crippen molar-refractivity contribution in [3.8, 4) is 0 Å². The standard InChI is InChI=1S/C20H25N3O3S/c1-2-16-5-7-19(8-6-16)27(25,26)22-14-17-9-12-23(13-10-17)20(24)18-4-3-11-21-15-18/h3-8,11,15,17,22H,2,9-10,12-14H2,1H3. The van der Waals surface area contributed by atoms with Crippen LogP contribution in [0.3, 0.4) is 0 Å². The molecule has 0 aliphatic carbocycles. The van der Waals surface area contributed by atoms with Crippen LogP contribution in [0.25, 0.3) is 0 Å². The van der Waals surface area contributed by atoms with Gasteiger partial charge in [-0.25, -0.2) is 13.1 Å². The summed E-state index contributed by atoms with van der Waals surface area (Å²) >= 11 is 0. The number of hydrogen-bond acceptors (Lipinski definition) is 4. The Kier molecular flexibility index (Phi) is 6.23. The Morgan fingerprint density at radius 3 is 2.48 bits per heavy atom. The van der Waals surface area contributed by atoms with E-state index in [1.54, 1.807) is 36.7 Å². The fourth-order valence-corrected chi connectivity index (χ4v) is 4.34. The molecule has 0 bridgehead atoms. The summed E-state index contributed by atoms with van der Waals surface area (Å²) in [6.07, 6.45) is 5.66. The number of amides is 1. The van der Waals surface area contributed by atoms with E-state index >= 15 is 0 Å². The molecule has 0 atom stereocenters. The zero-order chi connectivity index (χ0) is 19.3. The second-order valence-corrected chi connectivity index (χ2v) is 8.59. The lowest BCUT2D eigenvalue weighted by molar-refractivity contribution is 0.0691. The number of nitrogens with one attached hydrogen (secondary N) is 1. The highest BCUT2D eigenvalue weighted by Gasteiger charge is 2.25. The van der Waals surface area contributed by atoms with E-state index in [0.29, 0.717) is 30.1 Å². The fraction of sp³-hybridized carbons (Fsp3) is 0.400. The minimum absolute atomic E-state index is 0.0156. The Balaban J connectivity index is 1.51. The average Bonchev–Trinajstić information content (AvgIpc) is 2.73. The lowest BCUT2D eigenvalue weighted by Crippen LogP contribution is -2.41. The molecule has 1 saturated heterocycles. The highest BCUT2D eigenvalue weighted by Crippen LogP contribution is 2.19. The normalized spacial score (nSPS) is 15.7. The minimum Gasteiger partial charge on any atom is -0.339 e. The third-order valence-corrected chi connectivity index (χ3v) is 6.45. The highest BCUT2D eigenvalue weighted by atomic mass is 32.2. The van der Waals surface area contributed by atoms with E-state index in [9.17, 15) is 13.2 Å². The molecular weight excluding hydrogens is 362 g/mol. The van der Waals surface area contributed by atoms with Gasteiger partial charge < -0.3 is 4.90 Å². The molecule has 7 heteroatoms. The first-order chi connectivity index (χ1) is 13.0. The Bertz CT molecular complexity index is 859. The first-order valence-corrected chi connectivity index (χ1v) is 10.8. The fourth-order valence-electron chi connectivity index (χ4n) is 3.23. The third-order valence-electron chi connectivity index (χ3n) is 5.01. The molecule has 3 rings (SSSR count). The van der Waals surface area contributed by atoms with Crippen molar-refractivity contribution in [3.05, 3.63) is 59.9 Å². The number of hydrogen-bond donors (Lipinski definition) is 1. The summed E-state index contributed by atoms with van der Waals surface area (Å²) in [6, 6.07) is 10.5. The van der Waals surface area contributed by atoms with Gasteiger partial charge in [-0.2, -0.15) is 0 Å². The molecule has 0 saturated carbocycles. The summed E-state index contributed by atoms with van der Waals surface area (Å²) in [4.78, 5) is 18.5. The first-order valence-electron chi connectivity index (χ1n) is 9.27. The van der Waals surface area contributed by atoms with Crippen LogP contribution >= 0.6 is 0 Å². The van der Waals surface area contributed by atoms with E-state index in [2.05, 4.69) is 9.71 Å². The maximum Gasteiger partial charge on any atom is 0.255 e. The molecule has 27 heavy (non-hydrogen) atoms. The second-order valence-electron chi connectivity index (χ2n) is 6.83. The predicted molar refractivity (Wildman–Crippen MR) is 104 cm³/mol. The van der Waals surface area contributed by atoms with E-state index < -0.39 is 10.0 Å². The van der Waals surface area contributed by atoms with Crippen molar-refractivity contribution in [1.82, 2.24) is 14.6 Å². The van der Waals surface area contributed by atoms with Crippen LogP contribution in [0, 0.1) is 5.92 Å². The number of benzene rings is 1. The van der Waals surface area contributed by atoms with Gasteiger partial charge in [0.15, 0.2) is 0 Å². The molecule has 1 aliphatic heterocycles. The topological polar surface area (TPSA) is 79.4 Å². The van der Waals surface area contributed by atoms with E-state index in [1.165, 1.54) is 0 Å². The van der Waals surface area contributed by atoms with E-state index in [1.807, 2.05) is 24.0 Å². The molecule has 1 aromatic carbocycles. The predicted octanol–water partition coefficient (Wildman–Crippen LogP) is 2.47. The molecule has 0 radical (unpaired) electrons. The Morgan fingerprint density at radius 1 is 1.19 bits per heavy atom. The number of aryl methyl sites for hydroxylation is 1. The van der Waals surface area contributed by atoms with Gasteiger partial charge in [0.1, 0.15) is 0 Å². The maximum atomic E-state index is 12.4. The minimum atomic E-state index is -3.50. The van der Waals surface area contributed by atoms with E-state index in [4.69, 9.17) is 0 Å². The molecule has 0 unspecified atom stereocenters. The molecule has 144 valence electrons. The van der Waals surface area contributed by atoms with Gasteiger partial charge in [-0.05, 0) is 55.0 Å². The van der Waals surface area contributed by atoms with Gasteiger partial charge in [0.25, 0.3) is 5.91 Å². The number of likely N-dealkylation sites (tertiary alicyclic amines) is 1. The van der Waals surface area contributed by atoms with Crippen LogP contribution in [0.4, 0.5) is 0 Å². The van der Waals surface area contributed by atoms with Crippen LogP contribution in [0.5, 0.6) is 0 Å². The Morgan fingerprint density at radius 2 is 1.89 bits per heavy atom.